The van der Waals surface area contributed by atoms with Crippen molar-refractivity contribution in [3.63, 3.8) is 0 Å². The van der Waals surface area contributed by atoms with Gasteiger partial charge < -0.3 is 14.6 Å². The molecule has 4 aliphatic rings. The van der Waals surface area contributed by atoms with Gasteiger partial charge >= 0.3 is 11.9 Å². The van der Waals surface area contributed by atoms with Gasteiger partial charge in [-0.1, -0.05) is 39.3 Å². The van der Waals surface area contributed by atoms with Crippen LogP contribution in [-0.2, 0) is 28.7 Å². The normalized spacial score (nSPS) is 42.2. The van der Waals surface area contributed by atoms with Crippen molar-refractivity contribution in [2.75, 3.05) is 6.61 Å². The number of aliphatic hydroxyl groups is 1. The van der Waals surface area contributed by atoms with E-state index in [2.05, 4.69) is 0 Å². The Morgan fingerprint density at radius 3 is 2.51 bits per heavy atom. The highest BCUT2D eigenvalue weighted by Gasteiger charge is 2.77. The van der Waals surface area contributed by atoms with E-state index in [0.29, 0.717) is 31.3 Å². The summed E-state index contributed by atoms with van der Waals surface area (Å²) in [4.78, 5) is 50.7. The highest BCUT2D eigenvalue weighted by Crippen LogP contribution is 2.71. The molecule has 0 radical (unpaired) electrons. The molecule has 7 nitrogen and oxygen atoms in total. The Labute approximate surface area is 217 Å². The molecule has 8 heteroatoms. The quantitative estimate of drug-likeness (QED) is 0.503. The van der Waals surface area contributed by atoms with Crippen molar-refractivity contribution in [1.82, 2.24) is 0 Å². The summed E-state index contributed by atoms with van der Waals surface area (Å²) in [5.74, 6) is -3.26. The highest BCUT2D eigenvalue weighted by atomic mass is 19.1. The van der Waals surface area contributed by atoms with Crippen molar-refractivity contribution >= 4 is 23.5 Å². The molecule has 0 aliphatic heterocycles. The Hall–Kier alpha value is -2.35. The molecular formula is C29H39FO7. The minimum absolute atomic E-state index is 0.0982. The number of ketones is 2. The highest BCUT2D eigenvalue weighted by molar-refractivity contribution is 6.01. The number of Topliss-reactive ketones (excluding diaryl/α,β-unsaturated/α-hetero) is 1. The van der Waals surface area contributed by atoms with E-state index < -0.39 is 64.4 Å². The lowest BCUT2D eigenvalue weighted by Crippen LogP contribution is -2.70. The van der Waals surface area contributed by atoms with Gasteiger partial charge in [0.25, 0.3) is 0 Å². The fourth-order valence-corrected chi connectivity index (χ4v) is 8.19. The van der Waals surface area contributed by atoms with E-state index in [-0.39, 0.29) is 31.0 Å². The van der Waals surface area contributed by atoms with Crippen molar-refractivity contribution in [2.24, 2.45) is 28.6 Å². The first-order valence-corrected chi connectivity index (χ1v) is 13.5. The van der Waals surface area contributed by atoms with Gasteiger partial charge in [-0.05, 0) is 57.1 Å². The van der Waals surface area contributed by atoms with Crippen LogP contribution in [0, 0.1) is 28.6 Å². The van der Waals surface area contributed by atoms with Crippen molar-refractivity contribution < 1.29 is 38.1 Å². The van der Waals surface area contributed by atoms with Crippen molar-refractivity contribution in [2.45, 2.75) is 96.9 Å². The average molecular weight is 519 g/mol. The SMILES string of the molecule is CCCC(=O)O[C@]1(C(=O)COC(=O)CC)C(C)CC2C3CCC4=CC(=O)C=C[C@]4(C)[C@@]3(F)C(O)C[C@@]21C. The zero-order chi connectivity index (χ0) is 27.4. The molecule has 0 aromatic heterocycles. The second-order valence-corrected chi connectivity index (χ2v) is 11.8. The molecule has 0 bridgehead atoms. The zero-order valence-electron chi connectivity index (χ0n) is 22.5. The Kier molecular flexibility index (Phi) is 7.06. The summed E-state index contributed by atoms with van der Waals surface area (Å²) in [7, 11) is 0. The molecule has 4 unspecified atom stereocenters. The number of esters is 2. The van der Waals surface area contributed by atoms with Crippen LogP contribution in [0.2, 0.25) is 0 Å². The molecular weight excluding hydrogens is 479 g/mol. The number of halogens is 1. The predicted molar refractivity (Wildman–Crippen MR) is 133 cm³/mol. The van der Waals surface area contributed by atoms with Crippen LogP contribution in [0.25, 0.3) is 0 Å². The van der Waals surface area contributed by atoms with Gasteiger partial charge in [0, 0.05) is 35.5 Å². The van der Waals surface area contributed by atoms with Gasteiger partial charge in [0.05, 0.1) is 6.10 Å². The molecule has 0 amide bonds. The van der Waals surface area contributed by atoms with Gasteiger partial charge in [0.1, 0.15) is 0 Å². The summed E-state index contributed by atoms with van der Waals surface area (Å²) in [6.07, 6.45) is 4.93. The van der Waals surface area contributed by atoms with Crippen LogP contribution in [0.4, 0.5) is 4.39 Å². The molecule has 0 aromatic carbocycles. The summed E-state index contributed by atoms with van der Waals surface area (Å²) in [5.41, 5.74) is -5.26. The standard InChI is InChI=1S/C29H39FO7/c1-6-8-25(35)37-29(23(33)16-36-24(34)7-2)17(3)13-21-20-10-9-18-14-19(31)11-12-26(18,4)28(20,30)22(32)15-27(21,29)5/h11-12,14,17,20-22,32H,6-10,13,15-16H2,1-5H3/t17?,20?,21?,22?,26-,27-,28-,29-/m0/s1. The molecule has 1 N–H and O–H groups in total. The molecule has 0 spiro atoms. The van der Waals surface area contributed by atoms with Crippen LogP contribution in [-0.4, -0.2) is 52.6 Å². The summed E-state index contributed by atoms with van der Waals surface area (Å²) in [6, 6.07) is 0. The summed E-state index contributed by atoms with van der Waals surface area (Å²) in [5, 5.41) is 11.6. The minimum atomic E-state index is -2.06. The zero-order valence-corrected chi connectivity index (χ0v) is 22.5. The largest absolute Gasteiger partial charge is 0.457 e. The maximum Gasteiger partial charge on any atom is 0.306 e. The van der Waals surface area contributed by atoms with E-state index in [9.17, 15) is 24.3 Å². The first-order chi connectivity index (χ1) is 17.3. The number of carbonyl (C=O) groups excluding carboxylic acids is 4. The van der Waals surface area contributed by atoms with E-state index in [1.807, 2.05) is 20.8 Å². The topological polar surface area (TPSA) is 107 Å². The van der Waals surface area contributed by atoms with Crippen molar-refractivity contribution in [3.05, 3.63) is 23.8 Å². The third-order valence-electron chi connectivity index (χ3n) is 9.98. The predicted octanol–water partition coefficient (Wildman–Crippen LogP) is 4.21. The number of rotatable bonds is 7. The summed E-state index contributed by atoms with van der Waals surface area (Å²) < 4.78 is 28.7. The van der Waals surface area contributed by atoms with Crippen LogP contribution in [0.3, 0.4) is 0 Å². The maximum absolute atomic E-state index is 17.4. The molecule has 3 saturated carbocycles. The lowest BCUT2D eigenvalue weighted by Gasteiger charge is -2.62. The summed E-state index contributed by atoms with van der Waals surface area (Å²) >= 11 is 0. The molecule has 0 saturated heterocycles. The molecule has 0 heterocycles. The van der Waals surface area contributed by atoms with Crippen LogP contribution in [0.1, 0.15) is 79.6 Å². The van der Waals surface area contributed by atoms with Gasteiger partial charge in [-0.15, -0.1) is 0 Å². The second kappa shape index (κ2) is 9.44. The number of fused-ring (bicyclic) bond motifs is 5. The number of ether oxygens (including phenoxy) is 2. The third-order valence-corrected chi connectivity index (χ3v) is 9.98. The maximum atomic E-state index is 17.4. The van der Waals surface area contributed by atoms with Gasteiger partial charge in [-0.3, -0.25) is 19.2 Å². The number of aliphatic hydroxyl groups excluding tert-OH is 1. The van der Waals surface area contributed by atoms with Crippen molar-refractivity contribution in [1.29, 1.82) is 0 Å². The number of carbonyl (C=O) groups is 4. The van der Waals surface area contributed by atoms with Crippen LogP contribution in [0.15, 0.2) is 23.8 Å². The Bertz CT molecular complexity index is 1060. The Morgan fingerprint density at radius 1 is 1.16 bits per heavy atom. The monoisotopic (exact) mass is 518 g/mol. The average Bonchev–Trinajstić information content (AvgIpc) is 3.05. The van der Waals surface area contributed by atoms with Crippen molar-refractivity contribution in [3.8, 4) is 0 Å². The lowest BCUT2D eigenvalue weighted by atomic mass is 9.44. The molecule has 37 heavy (non-hydrogen) atoms. The first-order valence-electron chi connectivity index (χ1n) is 13.5. The van der Waals surface area contributed by atoms with Gasteiger partial charge in [0.2, 0.25) is 5.78 Å². The van der Waals surface area contributed by atoms with Crippen LogP contribution >= 0.6 is 0 Å². The van der Waals surface area contributed by atoms with Gasteiger partial charge in [-0.2, -0.15) is 0 Å². The smallest absolute Gasteiger partial charge is 0.306 e. The molecule has 4 aliphatic carbocycles. The second-order valence-electron chi connectivity index (χ2n) is 11.8. The molecule has 204 valence electrons. The Morgan fingerprint density at radius 2 is 1.86 bits per heavy atom. The van der Waals surface area contributed by atoms with Gasteiger partial charge in [0.15, 0.2) is 23.7 Å². The fourth-order valence-electron chi connectivity index (χ4n) is 8.19. The van der Waals surface area contributed by atoms with E-state index in [1.54, 1.807) is 19.9 Å². The van der Waals surface area contributed by atoms with E-state index >= 15 is 4.39 Å². The fraction of sp³-hybridized carbons (Fsp3) is 0.724. The molecule has 4 rings (SSSR count). The molecule has 0 aromatic rings. The third kappa shape index (κ3) is 3.76. The van der Waals surface area contributed by atoms with Crippen LogP contribution in [0.5, 0.6) is 0 Å². The van der Waals surface area contributed by atoms with E-state index in [0.717, 1.165) is 0 Å². The number of hydrogen-bond acceptors (Lipinski definition) is 7. The first kappa shape index (κ1) is 27.7. The number of allylic oxidation sites excluding steroid dienone is 4. The molecule has 3 fully saturated rings. The van der Waals surface area contributed by atoms with E-state index in [4.69, 9.17) is 9.47 Å². The van der Waals surface area contributed by atoms with E-state index in [1.165, 1.54) is 12.2 Å². The summed E-state index contributed by atoms with van der Waals surface area (Å²) in [6.45, 7) is 8.29. The number of hydrogen-bond donors (Lipinski definition) is 1. The van der Waals surface area contributed by atoms with Gasteiger partial charge in [-0.25, -0.2) is 4.39 Å². The Balaban J connectivity index is 1.80. The molecule has 8 atom stereocenters. The lowest BCUT2D eigenvalue weighted by molar-refractivity contribution is -0.228. The number of alkyl halides is 1. The van der Waals surface area contributed by atoms with Crippen LogP contribution < -0.4 is 0 Å². The minimum Gasteiger partial charge on any atom is -0.457 e.